The molecular formula is C34H34N4O2. The molecule has 2 fully saturated rings. The third-order valence-corrected chi connectivity index (χ3v) is 9.73. The molecule has 4 heterocycles. The first-order chi connectivity index (χ1) is 19.1. The van der Waals surface area contributed by atoms with Crippen LogP contribution < -0.4 is 20.4 Å². The lowest BCUT2D eigenvalue weighted by Gasteiger charge is -2.40. The van der Waals surface area contributed by atoms with Crippen molar-refractivity contribution in [3.63, 3.8) is 0 Å². The zero-order chi connectivity index (χ0) is 27.9. The van der Waals surface area contributed by atoms with Crippen LogP contribution in [0, 0.1) is 0 Å². The smallest absolute Gasteiger partial charge is 0.241 e. The van der Waals surface area contributed by atoms with Crippen molar-refractivity contribution in [2.45, 2.75) is 49.9 Å². The van der Waals surface area contributed by atoms with Crippen molar-refractivity contribution in [2.24, 2.45) is 0 Å². The number of carbonyl (C=O) groups is 2. The highest BCUT2D eigenvalue weighted by Gasteiger charge is 2.61. The maximum Gasteiger partial charge on any atom is 0.241 e. The lowest BCUT2D eigenvalue weighted by molar-refractivity contribution is -0.119. The second-order valence-electron chi connectivity index (χ2n) is 12.4. The highest BCUT2D eigenvalue weighted by molar-refractivity contribution is 5.92. The Bertz CT molecular complexity index is 1500. The average molecular weight is 531 g/mol. The van der Waals surface area contributed by atoms with Gasteiger partial charge in [-0.3, -0.25) is 9.59 Å². The monoisotopic (exact) mass is 530 g/mol. The van der Waals surface area contributed by atoms with Gasteiger partial charge in [-0.25, -0.2) is 0 Å². The topological polar surface area (TPSA) is 64.7 Å². The van der Waals surface area contributed by atoms with Gasteiger partial charge in [0.05, 0.1) is 13.1 Å². The summed E-state index contributed by atoms with van der Waals surface area (Å²) in [6, 6.07) is 25.1. The molecule has 202 valence electrons. The first kappa shape index (κ1) is 24.7. The van der Waals surface area contributed by atoms with E-state index in [-0.39, 0.29) is 22.6 Å². The Labute approximate surface area is 235 Å². The van der Waals surface area contributed by atoms with Crippen LogP contribution >= 0.6 is 0 Å². The second kappa shape index (κ2) is 8.10. The largest absolute Gasteiger partial charge is 0.335 e. The molecule has 0 bridgehead atoms. The summed E-state index contributed by atoms with van der Waals surface area (Å²) in [6.07, 6.45) is 8.50. The lowest BCUT2D eigenvalue weighted by atomic mass is 9.75. The molecule has 2 N–H and O–H groups in total. The second-order valence-corrected chi connectivity index (χ2v) is 12.4. The lowest BCUT2D eigenvalue weighted by Crippen LogP contribution is -2.58. The molecule has 3 aromatic rings. The Morgan fingerprint density at radius 1 is 0.600 bits per heavy atom. The highest BCUT2D eigenvalue weighted by Crippen LogP contribution is 2.54. The van der Waals surface area contributed by atoms with Gasteiger partial charge in [0.25, 0.3) is 0 Å². The summed E-state index contributed by atoms with van der Waals surface area (Å²) in [6.45, 7) is 9.49. The van der Waals surface area contributed by atoms with Gasteiger partial charge in [0.15, 0.2) is 0 Å². The van der Waals surface area contributed by atoms with Crippen molar-refractivity contribution >= 4 is 35.3 Å². The minimum atomic E-state index is -0.612. The highest BCUT2D eigenvalue weighted by atomic mass is 16.2. The van der Waals surface area contributed by atoms with E-state index in [2.05, 4.69) is 133 Å². The minimum absolute atomic E-state index is 0.0390. The summed E-state index contributed by atoms with van der Waals surface area (Å²) >= 11 is 0. The van der Waals surface area contributed by atoms with Crippen LogP contribution in [-0.2, 0) is 20.4 Å². The fourth-order valence-electron chi connectivity index (χ4n) is 7.43. The summed E-state index contributed by atoms with van der Waals surface area (Å²) < 4.78 is 0. The van der Waals surface area contributed by atoms with Crippen LogP contribution in [0.25, 0.3) is 12.2 Å². The van der Waals surface area contributed by atoms with E-state index < -0.39 is 11.3 Å². The minimum Gasteiger partial charge on any atom is -0.335 e. The Hall–Kier alpha value is -4.32. The molecule has 7 rings (SSSR count). The van der Waals surface area contributed by atoms with Gasteiger partial charge in [0.2, 0.25) is 11.8 Å². The number of amides is 2. The standard InChI is InChI=1S/C34H34N4O2/c1-31(2)25-9-5-7-11-27(25)37-21-29(39)35-33(31,37)19-17-23-13-15-24(16-14-23)18-20-34-32(3,4)26-10-6-8-12-28(26)38(34)22-30(40)36-34/h5-20H,21-22H2,1-4H3,(H,35,39)(H,36,40)/b19-17+,20-18+. The van der Waals surface area contributed by atoms with Crippen LogP contribution in [0.4, 0.5) is 11.4 Å². The van der Waals surface area contributed by atoms with Gasteiger partial charge in [0.1, 0.15) is 11.3 Å². The summed E-state index contributed by atoms with van der Waals surface area (Å²) in [5, 5.41) is 6.58. The zero-order valence-corrected chi connectivity index (χ0v) is 23.4. The summed E-state index contributed by atoms with van der Waals surface area (Å²) in [7, 11) is 0. The van der Waals surface area contributed by atoms with Crippen LogP contribution in [0.5, 0.6) is 0 Å². The predicted molar refractivity (Wildman–Crippen MR) is 160 cm³/mol. The summed E-state index contributed by atoms with van der Waals surface area (Å²) in [4.78, 5) is 29.6. The Kier molecular flexibility index (Phi) is 5.00. The van der Waals surface area contributed by atoms with Gasteiger partial charge in [-0.05, 0) is 46.5 Å². The number of carbonyl (C=O) groups excluding carboxylic acids is 2. The van der Waals surface area contributed by atoms with E-state index in [0.717, 1.165) is 22.5 Å². The number of benzene rings is 3. The number of hydrogen-bond acceptors (Lipinski definition) is 4. The predicted octanol–water partition coefficient (Wildman–Crippen LogP) is 4.96. The molecule has 4 aliphatic heterocycles. The van der Waals surface area contributed by atoms with Gasteiger partial charge in [-0.2, -0.15) is 0 Å². The van der Waals surface area contributed by atoms with Gasteiger partial charge < -0.3 is 20.4 Å². The van der Waals surface area contributed by atoms with Gasteiger partial charge in [-0.1, -0.05) is 101 Å². The molecule has 2 saturated heterocycles. The van der Waals surface area contributed by atoms with Crippen LogP contribution in [0.15, 0.2) is 84.9 Å². The van der Waals surface area contributed by atoms with Crippen molar-refractivity contribution < 1.29 is 9.59 Å². The fourth-order valence-corrected chi connectivity index (χ4v) is 7.43. The van der Waals surface area contributed by atoms with Crippen molar-refractivity contribution in [1.82, 2.24) is 10.6 Å². The Balaban J connectivity index is 1.17. The molecular weight excluding hydrogens is 496 g/mol. The fraction of sp³-hybridized carbons (Fsp3) is 0.294. The number of nitrogens with zero attached hydrogens (tertiary/aromatic N) is 2. The third kappa shape index (κ3) is 3.10. The molecule has 2 amide bonds. The molecule has 2 unspecified atom stereocenters. The van der Waals surface area contributed by atoms with Crippen LogP contribution in [-0.4, -0.2) is 36.2 Å². The van der Waals surface area contributed by atoms with E-state index >= 15 is 0 Å². The molecule has 0 aromatic heterocycles. The van der Waals surface area contributed by atoms with Crippen LogP contribution in [0.1, 0.15) is 49.9 Å². The Morgan fingerprint density at radius 2 is 0.975 bits per heavy atom. The van der Waals surface area contributed by atoms with E-state index in [1.54, 1.807) is 0 Å². The Morgan fingerprint density at radius 3 is 1.38 bits per heavy atom. The van der Waals surface area contributed by atoms with E-state index in [1.807, 2.05) is 12.1 Å². The number of rotatable bonds is 4. The average Bonchev–Trinajstić information content (AvgIpc) is 3.58. The van der Waals surface area contributed by atoms with Crippen molar-refractivity contribution in [3.05, 3.63) is 107 Å². The first-order valence-corrected chi connectivity index (χ1v) is 13.9. The van der Waals surface area contributed by atoms with E-state index in [1.165, 1.54) is 11.1 Å². The number of anilines is 2. The summed E-state index contributed by atoms with van der Waals surface area (Å²) in [5.41, 5.74) is 5.01. The molecule has 4 aliphatic rings. The molecule has 40 heavy (non-hydrogen) atoms. The number of nitrogens with one attached hydrogen (secondary N) is 2. The number of fused-ring (bicyclic) bond motifs is 6. The number of hydrogen-bond donors (Lipinski definition) is 2. The SMILES string of the molecule is CC1(C)c2ccccc2N2CC(=O)NC21/C=C/c1ccc(/C=C/C23NC(=O)CN2c2ccccc2C3(C)C)cc1. The maximum atomic E-state index is 12.6. The van der Waals surface area contributed by atoms with Gasteiger partial charge in [0, 0.05) is 22.2 Å². The van der Waals surface area contributed by atoms with Crippen LogP contribution in [0.3, 0.4) is 0 Å². The van der Waals surface area contributed by atoms with E-state index in [0.29, 0.717) is 13.1 Å². The van der Waals surface area contributed by atoms with Gasteiger partial charge >= 0.3 is 0 Å². The molecule has 0 saturated carbocycles. The van der Waals surface area contributed by atoms with Crippen molar-refractivity contribution in [2.75, 3.05) is 22.9 Å². The third-order valence-electron chi connectivity index (χ3n) is 9.73. The van der Waals surface area contributed by atoms with Crippen molar-refractivity contribution in [1.29, 1.82) is 0 Å². The maximum absolute atomic E-state index is 12.6. The molecule has 0 aliphatic carbocycles. The molecule has 6 nitrogen and oxygen atoms in total. The van der Waals surface area contributed by atoms with E-state index in [4.69, 9.17) is 0 Å². The van der Waals surface area contributed by atoms with Gasteiger partial charge in [-0.15, -0.1) is 0 Å². The zero-order valence-electron chi connectivity index (χ0n) is 23.4. The summed E-state index contributed by atoms with van der Waals surface area (Å²) in [5.74, 6) is 0.0780. The molecule has 2 atom stereocenters. The number of para-hydroxylation sites is 2. The molecule has 6 heteroatoms. The van der Waals surface area contributed by atoms with E-state index in [9.17, 15) is 9.59 Å². The van der Waals surface area contributed by atoms with Crippen molar-refractivity contribution in [3.8, 4) is 0 Å². The normalized spacial score (nSPS) is 27.1. The van der Waals surface area contributed by atoms with Crippen LogP contribution in [0.2, 0.25) is 0 Å². The molecule has 3 aromatic carbocycles. The molecule has 0 spiro atoms. The first-order valence-electron chi connectivity index (χ1n) is 13.9. The quantitative estimate of drug-likeness (QED) is 0.501. The molecule has 0 radical (unpaired) electrons.